The maximum absolute atomic E-state index is 12.9. The van der Waals surface area contributed by atoms with E-state index in [1.165, 1.54) is 0 Å². The van der Waals surface area contributed by atoms with Crippen molar-refractivity contribution in [2.45, 2.75) is 33.1 Å². The fourth-order valence-electron chi connectivity index (χ4n) is 3.13. The van der Waals surface area contributed by atoms with E-state index in [0.29, 0.717) is 0 Å². The summed E-state index contributed by atoms with van der Waals surface area (Å²) in [6.45, 7) is 5.98. The Morgan fingerprint density at radius 3 is 2.74 bits per heavy atom. The first-order chi connectivity index (χ1) is 9.10. The Hall–Kier alpha value is -1.35. The normalized spacial score (nSPS) is 22.5. The van der Waals surface area contributed by atoms with Crippen molar-refractivity contribution in [3.8, 4) is 0 Å². The van der Waals surface area contributed by atoms with Crippen LogP contribution < -0.4 is 10.2 Å². The zero-order valence-electron chi connectivity index (χ0n) is 12.2. The molecule has 1 aromatic rings. The zero-order valence-corrected chi connectivity index (χ0v) is 12.2. The highest BCUT2D eigenvalue weighted by Gasteiger charge is 2.42. The maximum atomic E-state index is 12.9. The van der Waals surface area contributed by atoms with Crippen LogP contribution in [0.3, 0.4) is 0 Å². The summed E-state index contributed by atoms with van der Waals surface area (Å²) in [6.07, 6.45) is 2.97. The fraction of sp³-hybridized carbons (Fsp3) is 0.562. The molecule has 0 aromatic heterocycles. The fourth-order valence-corrected chi connectivity index (χ4v) is 3.13. The molecule has 0 spiro atoms. The Morgan fingerprint density at radius 1 is 1.42 bits per heavy atom. The number of carbonyl (C=O) groups is 1. The van der Waals surface area contributed by atoms with Crippen molar-refractivity contribution in [2.75, 3.05) is 25.0 Å². The minimum atomic E-state index is -0.203. The third-order valence-electron chi connectivity index (χ3n) is 4.21. The van der Waals surface area contributed by atoms with E-state index in [-0.39, 0.29) is 11.3 Å². The molecule has 19 heavy (non-hydrogen) atoms. The summed E-state index contributed by atoms with van der Waals surface area (Å²) in [7, 11) is 1.90. The molecule has 0 radical (unpaired) electrons. The topological polar surface area (TPSA) is 32.3 Å². The second-order valence-electron chi connectivity index (χ2n) is 5.61. The molecule has 0 saturated carbocycles. The highest BCUT2D eigenvalue weighted by molar-refractivity contribution is 5.98. The van der Waals surface area contributed by atoms with Gasteiger partial charge >= 0.3 is 0 Å². The number of para-hydroxylation sites is 1. The summed E-state index contributed by atoms with van der Waals surface area (Å²) in [6, 6.07) is 8.08. The third kappa shape index (κ3) is 2.66. The SMILES string of the molecule is CCCC1(C(=O)N(C)c2ccccc2C)CCNC1. The number of amides is 1. The second kappa shape index (κ2) is 5.74. The Morgan fingerprint density at radius 2 is 2.16 bits per heavy atom. The van der Waals surface area contributed by atoms with Gasteiger partial charge in [-0.25, -0.2) is 0 Å². The summed E-state index contributed by atoms with van der Waals surface area (Å²) in [5, 5.41) is 3.35. The van der Waals surface area contributed by atoms with Crippen molar-refractivity contribution < 1.29 is 4.79 Å². The molecule has 1 unspecified atom stereocenters. The molecule has 1 fully saturated rings. The van der Waals surface area contributed by atoms with Crippen LogP contribution in [0.2, 0.25) is 0 Å². The minimum Gasteiger partial charge on any atom is -0.316 e. The summed E-state index contributed by atoms with van der Waals surface area (Å²) in [4.78, 5) is 14.7. The van der Waals surface area contributed by atoms with Crippen molar-refractivity contribution in [2.24, 2.45) is 5.41 Å². The molecule has 1 atom stereocenters. The number of rotatable bonds is 4. The van der Waals surface area contributed by atoms with E-state index in [1.807, 2.05) is 30.1 Å². The molecule has 1 aromatic carbocycles. The number of hydrogen-bond acceptors (Lipinski definition) is 2. The van der Waals surface area contributed by atoms with Gasteiger partial charge in [0.15, 0.2) is 0 Å². The molecule has 3 heteroatoms. The van der Waals surface area contributed by atoms with Gasteiger partial charge in [-0.3, -0.25) is 4.79 Å². The highest BCUT2D eigenvalue weighted by atomic mass is 16.2. The average molecular weight is 260 g/mol. The Balaban J connectivity index is 2.25. The van der Waals surface area contributed by atoms with Crippen LogP contribution in [0.25, 0.3) is 0 Å². The lowest BCUT2D eigenvalue weighted by atomic mass is 9.81. The molecule has 1 N–H and O–H groups in total. The number of benzene rings is 1. The first-order valence-corrected chi connectivity index (χ1v) is 7.15. The molecule has 0 aliphatic carbocycles. The lowest BCUT2D eigenvalue weighted by Gasteiger charge is -2.32. The van der Waals surface area contributed by atoms with Gasteiger partial charge in [0.05, 0.1) is 5.41 Å². The van der Waals surface area contributed by atoms with Crippen LogP contribution in [0.1, 0.15) is 31.7 Å². The standard InChI is InChI=1S/C16H24N2O/c1-4-9-16(10-11-17-12-16)15(19)18(3)14-8-6-5-7-13(14)2/h5-8,17H,4,9-12H2,1-3H3. The van der Waals surface area contributed by atoms with Gasteiger partial charge in [-0.15, -0.1) is 0 Å². The number of carbonyl (C=O) groups excluding carboxylic acids is 1. The van der Waals surface area contributed by atoms with Crippen LogP contribution in [0.5, 0.6) is 0 Å². The van der Waals surface area contributed by atoms with E-state index in [0.717, 1.165) is 43.6 Å². The zero-order chi connectivity index (χ0) is 13.9. The molecule has 1 aliphatic heterocycles. The molecular formula is C16H24N2O. The van der Waals surface area contributed by atoms with Gasteiger partial charge < -0.3 is 10.2 Å². The molecule has 1 saturated heterocycles. The first kappa shape index (κ1) is 14.1. The van der Waals surface area contributed by atoms with Crippen LogP contribution in [0, 0.1) is 12.3 Å². The van der Waals surface area contributed by atoms with Gasteiger partial charge in [0.25, 0.3) is 0 Å². The van der Waals surface area contributed by atoms with Gasteiger partial charge in [0.1, 0.15) is 0 Å². The monoisotopic (exact) mass is 260 g/mol. The lowest BCUT2D eigenvalue weighted by Crippen LogP contribution is -2.44. The molecule has 0 bridgehead atoms. The highest BCUT2D eigenvalue weighted by Crippen LogP contribution is 2.35. The number of aryl methyl sites for hydroxylation is 1. The van der Waals surface area contributed by atoms with Crippen LogP contribution in [0.15, 0.2) is 24.3 Å². The summed E-state index contributed by atoms with van der Waals surface area (Å²) < 4.78 is 0. The van der Waals surface area contributed by atoms with Crippen LogP contribution in [-0.2, 0) is 4.79 Å². The van der Waals surface area contributed by atoms with Gasteiger partial charge in [0.2, 0.25) is 5.91 Å². The predicted octanol–water partition coefficient (Wildman–Crippen LogP) is 2.74. The maximum Gasteiger partial charge on any atom is 0.234 e. The van der Waals surface area contributed by atoms with Crippen molar-refractivity contribution in [3.05, 3.63) is 29.8 Å². The molecule has 3 nitrogen and oxygen atoms in total. The van der Waals surface area contributed by atoms with E-state index >= 15 is 0 Å². The average Bonchev–Trinajstić information content (AvgIpc) is 2.88. The summed E-state index contributed by atoms with van der Waals surface area (Å²) >= 11 is 0. The van der Waals surface area contributed by atoms with Crippen molar-refractivity contribution in [3.63, 3.8) is 0 Å². The van der Waals surface area contributed by atoms with E-state index in [2.05, 4.69) is 25.2 Å². The van der Waals surface area contributed by atoms with E-state index in [1.54, 1.807) is 0 Å². The van der Waals surface area contributed by atoms with Gasteiger partial charge in [-0.1, -0.05) is 31.5 Å². The van der Waals surface area contributed by atoms with Gasteiger partial charge in [-0.2, -0.15) is 0 Å². The smallest absolute Gasteiger partial charge is 0.234 e. The minimum absolute atomic E-state index is 0.203. The Labute approximate surface area is 116 Å². The number of nitrogens with zero attached hydrogens (tertiary/aromatic N) is 1. The second-order valence-corrected chi connectivity index (χ2v) is 5.61. The first-order valence-electron chi connectivity index (χ1n) is 7.15. The largest absolute Gasteiger partial charge is 0.316 e. The summed E-state index contributed by atoms with van der Waals surface area (Å²) in [5.41, 5.74) is 1.97. The predicted molar refractivity (Wildman–Crippen MR) is 79.4 cm³/mol. The Kier molecular flexibility index (Phi) is 4.25. The van der Waals surface area contributed by atoms with Crippen LogP contribution in [0.4, 0.5) is 5.69 Å². The number of nitrogens with one attached hydrogen (secondary N) is 1. The molecule has 1 aliphatic rings. The molecule has 104 valence electrons. The third-order valence-corrected chi connectivity index (χ3v) is 4.21. The molecule has 1 heterocycles. The summed E-state index contributed by atoms with van der Waals surface area (Å²) in [5.74, 6) is 0.258. The van der Waals surface area contributed by atoms with Crippen LogP contribution in [-0.4, -0.2) is 26.0 Å². The quantitative estimate of drug-likeness (QED) is 0.903. The van der Waals surface area contributed by atoms with Gasteiger partial charge in [0, 0.05) is 19.3 Å². The molecular weight excluding hydrogens is 236 g/mol. The van der Waals surface area contributed by atoms with Crippen molar-refractivity contribution in [1.82, 2.24) is 5.32 Å². The van der Waals surface area contributed by atoms with Crippen molar-refractivity contribution in [1.29, 1.82) is 0 Å². The number of anilines is 1. The van der Waals surface area contributed by atoms with E-state index in [4.69, 9.17) is 0 Å². The van der Waals surface area contributed by atoms with Crippen molar-refractivity contribution >= 4 is 11.6 Å². The van der Waals surface area contributed by atoms with E-state index < -0.39 is 0 Å². The lowest BCUT2D eigenvalue weighted by molar-refractivity contribution is -0.127. The molecule has 1 amide bonds. The Bertz CT molecular complexity index is 450. The van der Waals surface area contributed by atoms with E-state index in [9.17, 15) is 4.79 Å². The van der Waals surface area contributed by atoms with Crippen LogP contribution >= 0.6 is 0 Å². The van der Waals surface area contributed by atoms with Gasteiger partial charge in [-0.05, 0) is 37.9 Å². The molecule has 2 rings (SSSR count). The number of hydrogen-bond donors (Lipinski definition) is 1.